The summed E-state index contributed by atoms with van der Waals surface area (Å²) in [7, 11) is 1.57. The number of hydrogen-bond donors (Lipinski definition) is 3. The maximum Gasteiger partial charge on any atom is 0.321 e. The van der Waals surface area contributed by atoms with Gasteiger partial charge >= 0.3 is 6.03 Å². The van der Waals surface area contributed by atoms with E-state index >= 15 is 0 Å². The molecule has 35 heavy (non-hydrogen) atoms. The zero-order chi connectivity index (χ0) is 25.4. The van der Waals surface area contributed by atoms with Gasteiger partial charge in [0, 0.05) is 30.4 Å². The lowest BCUT2D eigenvalue weighted by molar-refractivity contribution is -0.125. The van der Waals surface area contributed by atoms with Gasteiger partial charge in [0.05, 0.1) is 7.11 Å². The van der Waals surface area contributed by atoms with E-state index in [9.17, 15) is 14.4 Å². The van der Waals surface area contributed by atoms with E-state index in [2.05, 4.69) is 16.0 Å². The lowest BCUT2D eigenvalue weighted by Gasteiger charge is -2.36. The lowest BCUT2D eigenvalue weighted by Crippen LogP contribution is -2.55. The number of nitrogens with zero attached hydrogens (tertiary/aromatic N) is 1. The van der Waals surface area contributed by atoms with E-state index in [1.165, 1.54) is 0 Å². The molecule has 3 rings (SSSR count). The van der Waals surface area contributed by atoms with Gasteiger partial charge in [0.1, 0.15) is 11.8 Å². The van der Waals surface area contributed by atoms with Gasteiger partial charge in [0.2, 0.25) is 5.91 Å². The molecule has 0 spiro atoms. The average Bonchev–Trinajstić information content (AvgIpc) is 2.88. The molecule has 1 aliphatic rings. The fraction of sp³-hybridized carbons (Fsp3) is 0.444. The van der Waals surface area contributed by atoms with E-state index in [-0.39, 0.29) is 29.8 Å². The number of carbonyl (C=O) groups is 3. The van der Waals surface area contributed by atoms with E-state index in [1.807, 2.05) is 45.0 Å². The summed E-state index contributed by atoms with van der Waals surface area (Å²) in [5.74, 6) is 0.0776. The fourth-order valence-corrected chi connectivity index (χ4v) is 4.07. The Morgan fingerprint density at radius 3 is 2.20 bits per heavy atom. The second-order valence-electron chi connectivity index (χ2n) is 9.12. The van der Waals surface area contributed by atoms with Crippen LogP contribution in [0.25, 0.3) is 0 Å². The molecule has 1 fully saturated rings. The van der Waals surface area contributed by atoms with Crippen molar-refractivity contribution < 1.29 is 19.1 Å². The molecule has 2 aromatic carbocycles. The van der Waals surface area contributed by atoms with Crippen LogP contribution in [0.5, 0.6) is 5.75 Å². The smallest absolute Gasteiger partial charge is 0.321 e. The highest BCUT2D eigenvalue weighted by molar-refractivity contribution is 5.97. The Balaban J connectivity index is 1.65. The molecule has 0 bridgehead atoms. The normalized spacial score (nSPS) is 15.6. The summed E-state index contributed by atoms with van der Waals surface area (Å²) in [5, 5.41) is 8.88. The summed E-state index contributed by atoms with van der Waals surface area (Å²) in [6.07, 6.45) is 2.02. The molecular weight excluding hydrogens is 444 g/mol. The van der Waals surface area contributed by atoms with Gasteiger partial charge in [-0.25, -0.2) is 4.79 Å². The Morgan fingerprint density at radius 2 is 1.63 bits per heavy atom. The number of hydrogen-bond acceptors (Lipinski definition) is 4. The van der Waals surface area contributed by atoms with Crippen molar-refractivity contribution in [1.29, 1.82) is 0 Å². The number of ether oxygens (including phenoxy) is 1. The van der Waals surface area contributed by atoms with Crippen molar-refractivity contribution in [1.82, 2.24) is 15.5 Å². The highest BCUT2D eigenvalue weighted by Gasteiger charge is 2.34. The zero-order valence-electron chi connectivity index (χ0n) is 21.0. The molecule has 0 radical (unpaired) electrons. The van der Waals surface area contributed by atoms with Crippen molar-refractivity contribution in [2.45, 2.75) is 52.1 Å². The van der Waals surface area contributed by atoms with Crippen LogP contribution in [0.2, 0.25) is 0 Å². The SMILES string of the molecule is CCC(C)NC(=O)C(NC(=O)c1ccc(OC)cc1)C1CCN(C(=O)Nc2ccc(C)cc2)CC1. The Kier molecular flexibility index (Phi) is 9.11. The van der Waals surface area contributed by atoms with Gasteiger partial charge in [0.15, 0.2) is 0 Å². The summed E-state index contributed by atoms with van der Waals surface area (Å²) in [6, 6.07) is 13.6. The highest BCUT2D eigenvalue weighted by atomic mass is 16.5. The number of piperidine rings is 1. The van der Waals surface area contributed by atoms with Gasteiger partial charge in [-0.1, -0.05) is 24.6 Å². The lowest BCUT2D eigenvalue weighted by atomic mass is 9.88. The predicted molar refractivity (Wildman–Crippen MR) is 137 cm³/mol. The minimum Gasteiger partial charge on any atom is -0.497 e. The Bertz CT molecular complexity index is 999. The summed E-state index contributed by atoms with van der Waals surface area (Å²) < 4.78 is 5.16. The molecule has 2 aromatic rings. The van der Waals surface area contributed by atoms with Crippen molar-refractivity contribution in [3.05, 3.63) is 59.7 Å². The van der Waals surface area contributed by atoms with Crippen LogP contribution < -0.4 is 20.7 Å². The Labute approximate surface area is 207 Å². The van der Waals surface area contributed by atoms with Gasteiger partial charge in [-0.3, -0.25) is 9.59 Å². The van der Waals surface area contributed by atoms with Crippen molar-refractivity contribution in [3.63, 3.8) is 0 Å². The van der Waals surface area contributed by atoms with E-state index < -0.39 is 6.04 Å². The first kappa shape index (κ1) is 26.1. The summed E-state index contributed by atoms with van der Waals surface area (Å²) in [6.45, 7) is 6.96. The molecule has 1 saturated heterocycles. The van der Waals surface area contributed by atoms with Crippen molar-refractivity contribution in [2.24, 2.45) is 5.92 Å². The number of likely N-dealkylation sites (tertiary alicyclic amines) is 1. The second kappa shape index (κ2) is 12.2. The van der Waals surface area contributed by atoms with E-state index in [0.717, 1.165) is 17.7 Å². The van der Waals surface area contributed by atoms with Crippen LogP contribution in [0.3, 0.4) is 0 Å². The molecule has 188 valence electrons. The third kappa shape index (κ3) is 7.21. The second-order valence-corrected chi connectivity index (χ2v) is 9.12. The Morgan fingerprint density at radius 1 is 1.00 bits per heavy atom. The molecule has 8 nitrogen and oxygen atoms in total. The topological polar surface area (TPSA) is 99.8 Å². The van der Waals surface area contributed by atoms with Crippen LogP contribution >= 0.6 is 0 Å². The zero-order valence-corrected chi connectivity index (χ0v) is 21.0. The molecule has 1 aliphatic heterocycles. The third-order valence-electron chi connectivity index (χ3n) is 6.52. The number of nitrogens with one attached hydrogen (secondary N) is 3. The van der Waals surface area contributed by atoms with Crippen LogP contribution in [0.1, 0.15) is 49.0 Å². The van der Waals surface area contributed by atoms with Crippen LogP contribution in [0.15, 0.2) is 48.5 Å². The first-order valence-electron chi connectivity index (χ1n) is 12.2. The molecule has 2 unspecified atom stereocenters. The van der Waals surface area contributed by atoms with Gasteiger partial charge in [-0.2, -0.15) is 0 Å². The van der Waals surface area contributed by atoms with Gasteiger partial charge < -0.3 is 25.6 Å². The Hall–Kier alpha value is -3.55. The van der Waals surface area contributed by atoms with Crippen LogP contribution in [0, 0.1) is 12.8 Å². The molecule has 0 aliphatic carbocycles. The van der Waals surface area contributed by atoms with Crippen molar-refractivity contribution in [3.8, 4) is 5.75 Å². The molecule has 8 heteroatoms. The van der Waals surface area contributed by atoms with Crippen LogP contribution in [-0.4, -0.2) is 55.0 Å². The quantitative estimate of drug-likeness (QED) is 0.532. The first-order valence-corrected chi connectivity index (χ1v) is 12.2. The monoisotopic (exact) mass is 480 g/mol. The molecule has 1 heterocycles. The minimum absolute atomic E-state index is 0.00302. The number of anilines is 1. The molecular formula is C27H36N4O4. The fourth-order valence-electron chi connectivity index (χ4n) is 4.07. The highest BCUT2D eigenvalue weighted by Crippen LogP contribution is 2.23. The summed E-state index contributed by atoms with van der Waals surface area (Å²) in [5.41, 5.74) is 2.34. The molecule has 0 saturated carbocycles. The van der Waals surface area contributed by atoms with E-state index in [0.29, 0.717) is 37.2 Å². The third-order valence-corrected chi connectivity index (χ3v) is 6.52. The number of carbonyl (C=O) groups excluding carboxylic acids is 3. The standard InChI is InChI=1S/C27H36N4O4/c1-5-19(3)28-26(33)24(30-25(32)21-8-12-23(35-4)13-9-21)20-14-16-31(17-15-20)27(34)29-22-10-6-18(2)7-11-22/h6-13,19-20,24H,5,14-17H2,1-4H3,(H,28,33)(H,29,34)(H,30,32). The average molecular weight is 481 g/mol. The van der Waals surface area contributed by atoms with Gasteiger partial charge in [0.25, 0.3) is 5.91 Å². The van der Waals surface area contributed by atoms with Crippen molar-refractivity contribution >= 4 is 23.5 Å². The number of aryl methyl sites for hydroxylation is 1. The van der Waals surface area contributed by atoms with Gasteiger partial charge in [-0.15, -0.1) is 0 Å². The number of rotatable bonds is 8. The largest absolute Gasteiger partial charge is 0.497 e. The van der Waals surface area contributed by atoms with Crippen LogP contribution in [-0.2, 0) is 4.79 Å². The van der Waals surface area contributed by atoms with E-state index in [4.69, 9.17) is 4.74 Å². The van der Waals surface area contributed by atoms with Gasteiger partial charge in [-0.05, 0) is 75.4 Å². The minimum atomic E-state index is -0.680. The van der Waals surface area contributed by atoms with Crippen molar-refractivity contribution in [2.75, 3.05) is 25.5 Å². The molecule has 3 N–H and O–H groups in total. The predicted octanol–water partition coefficient (Wildman–Crippen LogP) is 3.96. The first-order chi connectivity index (χ1) is 16.8. The summed E-state index contributed by atoms with van der Waals surface area (Å²) >= 11 is 0. The maximum absolute atomic E-state index is 13.1. The maximum atomic E-state index is 13.1. The number of benzene rings is 2. The number of methoxy groups -OCH3 is 1. The number of urea groups is 1. The van der Waals surface area contributed by atoms with E-state index in [1.54, 1.807) is 36.3 Å². The van der Waals surface area contributed by atoms with Crippen LogP contribution in [0.4, 0.5) is 10.5 Å². The molecule has 0 aromatic heterocycles. The molecule has 2 atom stereocenters. The number of amides is 4. The molecule has 4 amide bonds. The summed E-state index contributed by atoms with van der Waals surface area (Å²) in [4.78, 5) is 40.5.